The van der Waals surface area contributed by atoms with E-state index in [0.717, 1.165) is 18.7 Å². The van der Waals surface area contributed by atoms with Crippen LogP contribution >= 0.6 is 0 Å². The van der Waals surface area contributed by atoms with Gasteiger partial charge in [-0.05, 0) is 44.0 Å². The number of hydrogen-bond donors (Lipinski definition) is 2. The van der Waals surface area contributed by atoms with Crippen LogP contribution in [0.25, 0.3) is 0 Å². The fraction of sp³-hybridized carbons (Fsp3) is 0.588. The first-order valence-corrected chi connectivity index (χ1v) is 10.1. The second kappa shape index (κ2) is 7.41. The predicted octanol–water partition coefficient (Wildman–Crippen LogP) is 0.959. The number of nitrogens with zero attached hydrogens (tertiary/aromatic N) is 1. The van der Waals surface area contributed by atoms with Crippen molar-refractivity contribution >= 4 is 21.6 Å². The molecule has 0 spiro atoms. The van der Waals surface area contributed by atoms with Gasteiger partial charge in [0.25, 0.3) is 0 Å². The number of fused-ring (bicyclic) bond motifs is 1. The molecule has 2 heterocycles. The van der Waals surface area contributed by atoms with Gasteiger partial charge in [0.05, 0.1) is 17.1 Å². The number of nitrogens with one attached hydrogen (secondary N) is 2. The number of sulfonamides is 1. The molecule has 1 amide bonds. The molecular formula is C17H25N3O4S. The van der Waals surface area contributed by atoms with E-state index in [4.69, 9.17) is 4.74 Å². The summed E-state index contributed by atoms with van der Waals surface area (Å²) in [6.07, 6.45) is 1.28. The molecule has 0 aliphatic carbocycles. The summed E-state index contributed by atoms with van der Waals surface area (Å²) in [5.41, 5.74) is 1.56. The van der Waals surface area contributed by atoms with Gasteiger partial charge in [0.15, 0.2) is 0 Å². The highest BCUT2D eigenvalue weighted by Crippen LogP contribution is 2.25. The standard InChI is InChI=1S/C17H25N3O4S/c1-12-10-20(11-13(2)24-12)8-7-18-25(22,23)15-4-5-16-14(9-15)3-6-17(21)19-16/h4-5,9,12-13,18H,3,6-8,10-11H2,1-2H3,(H,19,21). The first kappa shape index (κ1) is 18.3. The SMILES string of the molecule is CC1CN(CCNS(=O)(=O)c2ccc3c(c2)CCC(=O)N3)CC(C)O1. The van der Waals surface area contributed by atoms with Gasteiger partial charge in [-0.1, -0.05) is 0 Å². The molecule has 2 aliphatic heterocycles. The molecule has 0 bridgehead atoms. The van der Waals surface area contributed by atoms with Crippen LogP contribution < -0.4 is 10.0 Å². The monoisotopic (exact) mass is 367 g/mol. The van der Waals surface area contributed by atoms with Gasteiger partial charge < -0.3 is 10.1 Å². The number of benzene rings is 1. The second-order valence-electron chi connectivity index (χ2n) is 6.78. The van der Waals surface area contributed by atoms with Crippen molar-refractivity contribution < 1.29 is 17.9 Å². The Morgan fingerprint density at radius 1 is 1.24 bits per heavy atom. The van der Waals surface area contributed by atoms with Gasteiger partial charge in [0.1, 0.15) is 0 Å². The van der Waals surface area contributed by atoms with Crippen LogP contribution in [0.3, 0.4) is 0 Å². The molecule has 3 rings (SSSR count). The lowest BCUT2D eigenvalue weighted by molar-refractivity contribution is -0.116. The minimum absolute atomic E-state index is 0.0322. The number of amides is 1. The van der Waals surface area contributed by atoms with E-state index in [2.05, 4.69) is 14.9 Å². The van der Waals surface area contributed by atoms with E-state index in [1.165, 1.54) is 6.07 Å². The van der Waals surface area contributed by atoms with Gasteiger partial charge in [-0.2, -0.15) is 0 Å². The summed E-state index contributed by atoms with van der Waals surface area (Å²) in [4.78, 5) is 13.8. The molecule has 2 atom stereocenters. The molecule has 1 aromatic rings. The van der Waals surface area contributed by atoms with E-state index in [1.807, 2.05) is 13.8 Å². The molecule has 2 unspecified atom stereocenters. The van der Waals surface area contributed by atoms with E-state index in [1.54, 1.807) is 12.1 Å². The van der Waals surface area contributed by atoms with Crippen LogP contribution in [0.15, 0.2) is 23.1 Å². The predicted molar refractivity (Wildman–Crippen MR) is 95.0 cm³/mol. The third kappa shape index (κ3) is 4.58. The molecule has 2 aliphatic rings. The fourth-order valence-corrected chi connectivity index (χ4v) is 4.49. The van der Waals surface area contributed by atoms with Crippen LogP contribution in [0.1, 0.15) is 25.8 Å². The Morgan fingerprint density at radius 2 is 1.96 bits per heavy atom. The van der Waals surface area contributed by atoms with E-state index in [0.29, 0.717) is 31.6 Å². The van der Waals surface area contributed by atoms with Gasteiger partial charge in [-0.3, -0.25) is 9.69 Å². The number of anilines is 1. The van der Waals surface area contributed by atoms with E-state index in [-0.39, 0.29) is 23.0 Å². The van der Waals surface area contributed by atoms with Crippen molar-refractivity contribution in [1.29, 1.82) is 0 Å². The maximum Gasteiger partial charge on any atom is 0.240 e. The lowest BCUT2D eigenvalue weighted by Gasteiger charge is -2.35. The van der Waals surface area contributed by atoms with E-state index < -0.39 is 10.0 Å². The van der Waals surface area contributed by atoms with Crippen molar-refractivity contribution in [2.45, 2.75) is 43.8 Å². The highest BCUT2D eigenvalue weighted by molar-refractivity contribution is 7.89. The first-order chi connectivity index (χ1) is 11.8. The highest BCUT2D eigenvalue weighted by Gasteiger charge is 2.23. The number of carbonyl (C=O) groups excluding carboxylic acids is 1. The molecule has 138 valence electrons. The molecule has 0 radical (unpaired) electrons. The number of ether oxygens (including phenoxy) is 1. The molecule has 8 heteroatoms. The van der Waals surface area contributed by atoms with Gasteiger partial charge in [0, 0.05) is 38.3 Å². The molecule has 25 heavy (non-hydrogen) atoms. The topological polar surface area (TPSA) is 87.7 Å². The normalized spacial score (nSPS) is 24.6. The van der Waals surface area contributed by atoms with Crippen LogP contribution in [-0.2, 0) is 26.0 Å². The van der Waals surface area contributed by atoms with Crippen molar-refractivity contribution in [1.82, 2.24) is 9.62 Å². The van der Waals surface area contributed by atoms with Crippen molar-refractivity contribution in [2.75, 3.05) is 31.5 Å². The zero-order valence-electron chi connectivity index (χ0n) is 14.6. The van der Waals surface area contributed by atoms with Gasteiger partial charge >= 0.3 is 0 Å². The van der Waals surface area contributed by atoms with Gasteiger partial charge in [0.2, 0.25) is 15.9 Å². The van der Waals surface area contributed by atoms with Gasteiger partial charge in [-0.25, -0.2) is 13.1 Å². The Bertz CT molecular complexity index is 740. The zero-order chi connectivity index (χ0) is 18.0. The molecule has 1 fully saturated rings. The summed E-state index contributed by atoms with van der Waals surface area (Å²) in [6.45, 7) is 6.68. The molecule has 2 N–H and O–H groups in total. The molecule has 0 aromatic heterocycles. The number of carbonyl (C=O) groups is 1. The number of morpholine rings is 1. The van der Waals surface area contributed by atoms with Gasteiger partial charge in [-0.15, -0.1) is 0 Å². The summed E-state index contributed by atoms with van der Waals surface area (Å²) >= 11 is 0. The van der Waals surface area contributed by atoms with E-state index >= 15 is 0 Å². The zero-order valence-corrected chi connectivity index (χ0v) is 15.4. The Labute approximate surface area is 148 Å². The van der Waals surface area contributed by atoms with Crippen LogP contribution in [0, 0.1) is 0 Å². The van der Waals surface area contributed by atoms with Crippen molar-refractivity contribution in [3.05, 3.63) is 23.8 Å². The maximum absolute atomic E-state index is 12.5. The molecule has 7 nitrogen and oxygen atoms in total. The summed E-state index contributed by atoms with van der Waals surface area (Å²) in [6, 6.07) is 4.84. The van der Waals surface area contributed by atoms with Crippen LogP contribution in [0.4, 0.5) is 5.69 Å². The quantitative estimate of drug-likeness (QED) is 0.809. The Kier molecular flexibility index (Phi) is 5.43. The molecule has 0 saturated carbocycles. The number of hydrogen-bond acceptors (Lipinski definition) is 5. The maximum atomic E-state index is 12.5. The lowest BCUT2D eigenvalue weighted by Crippen LogP contribution is -2.47. The minimum Gasteiger partial charge on any atom is -0.373 e. The second-order valence-corrected chi connectivity index (χ2v) is 8.55. The number of rotatable bonds is 5. The minimum atomic E-state index is -3.56. The number of aryl methyl sites for hydroxylation is 1. The smallest absolute Gasteiger partial charge is 0.240 e. The lowest BCUT2D eigenvalue weighted by atomic mass is 10.0. The highest BCUT2D eigenvalue weighted by atomic mass is 32.2. The largest absolute Gasteiger partial charge is 0.373 e. The van der Waals surface area contributed by atoms with Crippen molar-refractivity contribution in [3.63, 3.8) is 0 Å². The third-order valence-corrected chi connectivity index (χ3v) is 5.96. The summed E-state index contributed by atoms with van der Waals surface area (Å²) < 4.78 is 33.4. The van der Waals surface area contributed by atoms with E-state index in [9.17, 15) is 13.2 Å². The Balaban J connectivity index is 1.59. The van der Waals surface area contributed by atoms with Crippen molar-refractivity contribution in [2.24, 2.45) is 0 Å². The average molecular weight is 367 g/mol. The first-order valence-electron chi connectivity index (χ1n) is 8.64. The fourth-order valence-electron chi connectivity index (χ4n) is 3.42. The Morgan fingerprint density at radius 3 is 2.68 bits per heavy atom. The summed E-state index contributed by atoms with van der Waals surface area (Å²) in [7, 11) is -3.56. The van der Waals surface area contributed by atoms with Crippen LogP contribution in [0.5, 0.6) is 0 Å². The Hall–Kier alpha value is -1.48. The molecular weight excluding hydrogens is 342 g/mol. The van der Waals surface area contributed by atoms with Crippen molar-refractivity contribution in [3.8, 4) is 0 Å². The van der Waals surface area contributed by atoms with Crippen LogP contribution in [-0.4, -0.2) is 57.6 Å². The third-order valence-electron chi connectivity index (χ3n) is 4.50. The van der Waals surface area contributed by atoms with Crippen LogP contribution in [0.2, 0.25) is 0 Å². The summed E-state index contributed by atoms with van der Waals surface area (Å²) in [5, 5.41) is 2.76. The molecule has 1 aromatic carbocycles. The summed E-state index contributed by atoms with van der Waals surface area (Å²) in [5.74, 6) is -0.0322. The molecule has 1 saturated heterocycles. The average Bonchev–Trinajstić information content (AvgIpc) is 2.53.